The SMILES string of the molecule is COc1ccc(-c2ccc(Nc3cc4c(cn3)[nH]c(=O)n4C3CCOCC3)cc2)cn1. The molecule has 1 aliphatic rings. The summed E-state index contributed by atoms with van der Waals surface area (Å²) in [4.78, 5) is 24.1. The molecule has 158 valence electrons. The molecule has 3 aromatic heterocycles. The van der Waals surface area contributed by atoms with Crippen LogP contribution in [0.5, 0.6) is 5.88 Å². The Labute approximate surface area is 178 Å². The number of ether oxygens (including phenoxy) is 2. The number of aromatic nitrogens is 4. The van der Waals surface area contributed by atoms with Crippen molar-refractivity contribution in [2.45, 2.75) is 18.9 Å². The minimum Gasteiger partial charge on any atom is -0.481 e. The third kappa shape index (κ3) is 3.89. The molecule has 5 rings (SSSR count). The Kier molecular flexibility index (Phi) is 5.13. The molecule has 4 heterocycles. The van der Waals surface area contributed by atoms with E-state index in [1.165, 1.54) is 0 Å². The van der Waals surface area contributed by atoms with E-state index in [0.717, 1.165) is 40.7 Å². The zero-order valence-corrected chi connectivity index (χ0v) is 17.2. The van der Waals surface area contributed by atoms with Gasteiger partial charge >= 0.3 is 5.69 Å². The van der Waals surface area contributed by atoms with Crippen LogP contribution < -0.4 is 15.7 Å². The number of benzene rings is 1. The first kappa shape index (κ1) is 19.3. The van der Waals surface area contributed by atoms with Crippen LogP contribution in [-0.2, 0) is 4.74 Å². The zero-order chi connectivity index (χ0) is 21.2. The summed E-state index contributed by atoms with van der Waals surface area (Å²) < 4.78 is 12.4. The molecular weight excluding hydrogens is 394 g/mol. The average Bonchev–Trinajstić information content (AvgIpc) is 3.15. The molecule has 1 saturated heterocycles. The predicted octanol–water partition coefficient (Wildman–Crippen LogP) is 3.89. The zero-order valence-electron chi connectivity index (χ0n) is 17.2. The molecule has 0 atom stereocenters. The molecule has 1 fully saturated rings. The maximum atomic E-state index is 12.5. The number of imidazole rings is 1. The molecule has 0 amide bonds. The number of pyridine rings is 2. The van der Waals surface area contributed by atoms with Crippen LogP contribution in [0.4, 0.5) is 11.5 Å². The van der Waals surface area contributed by atoms with Crippen LogP contribution in [-0.4, -0.2) is 39.8 Å². The van der Waals surface area contributed by atoms with Crippen LogP contribution in [0.25, 0.3) is 22.2 Å². The van der Waals surface area contributed by atoms with E-state index in [1.807, 2.05) is 47.0 Å². The van der Waals surface area contributed by atoms with Gasteiger partial charge in [0.05, 0.1) is 24.3 Å². The first-order valence-corrected chi connectivity index (χ1v) is 10.3. The second-order valence-electron chi connectivity index (χ2n) is 7.52. The van der Waals surface area contributed by atoms with E-state index in [9.17, 15) is 4.79 Å². The summed E-state index contributed by atoms with van der Waals surface area (Å²) in [7, 11) is 1.60. The summed E-state index contributed by atoms with van der Waals surface area (Å²) in [6.45, 7) is 1.35. The lowest BCUT2D eigenvalue weighted by Gasteiger charge is -2.23. The quantitative estimate of drug-likeness (QED) is 0.512. The van der Waals surface area contributed by atoms with E-state index < -0.39 is 0 Å². The normalized spacial score (nSPS) is 14.6. The first-order chi connectivity index (χ1) is 15.2. The fourth-order valence-electron chi connectivity index (χ4n) is 3.97. The summed E-state index contributed by atoms with van der Waals surface area (Å²) in [6, 6.07) is 13.9. The molecular formula is C23H23N5O3. The van der Waals surface area contributed by atoms with E-state index in [0.29, 0.717) is 24.9 Å². The van der Waals surface area contributed by atoms with Crippen molar-refractivity contribution in [3.8, 4) is 17.0 Å². The maximum absolute atomic E-state index is 12.5. The summed E-state index contributed by atoms with van der Waals surface area (Å²) in [5.74, 6) is 1.28. The fraction of sp³-hybridized carbons (Fsp3) is 0.261. The van der Waals surface area contributed by atoms with Crippen molar-refractivity contribution in [1.29, 1.82) is 0 Å². The minimum absolute atomic E-state index is 0.0988. The van der Waals surface area contributed by atoms with Crippen LogP contribution >= 0.6 is 0 Å². The number of hydrogen-bond donors (Lipinski definition) is 2. The lowest BCUT2D eigenvalue weighted by molar-refractivity contribution is 0.0698. The summed E-state index contributed by atoms with van der Waals surface area (Å²) in [5, 5.41) is 3.33. The van der Waals surface area contributed by atoms with Crippen LogP contribution in [0.3, 0.4) is 0 Å². The lowest BCUT2D eigenvalue weighted by atomic mass is 10.1. The van der Waals surface area contributed by atoms with Gasteiger partial charge in [-0.05, 0) is 36.6 Å². The van der Waals surface area contributed by atoms with Crippen molar-refractivity contribution in [3.63, 3.8) is 0 Å². The highest BCUT2D eigenvalue weighted by atomic mass is 16.5. The van der Waals surface area contributed by atoms with Gasteiger partial charge in [-0.15, -0.1) is 0 Å². The number of hydrogen-bond acceptors (Lipinski definition) is 6. The largest absolute Gasteiger partial charge is 0.481 e. The van der Waals surface area contributed by atoms with E-state index in [-0.39, 0.29) is 11.7 Å². The molecule has 0 saturated carbocycles. The standard InChI is InChI=1S/C23H23N5O3/c1-30-22-7-4-16(13-25-22)15-2-5-17(6-3-15)26-21-12-20-19(14-24-21)27-23(29)28(20)18-8-10-31-11-9-18/h2-7,12-14,18H,8-11H2,1H3,(H,24,26)(H,27,29). The van der Waals surface area contributed by atoms with Gasteiger partial charge in [-0.1, -0.05) is 12.1 Å². The van der Waals surface area contributed by atoms with E-state index in [4.69, 9.17) is 9.47 Å². The van der Waals surface area contributed by atoms with Gasteiger partial charge in [-0.25, -0.2) is 14.8 Å². The van der Waals surface area contributed by atoms with Crippen molar-refractivity contribution < 1.29 is 9.47 Å². The maximum Gasteiger partial charge on any atom is 0.326 e. The van der Waals surface area contributed by atoms with Crippen molar-refractivity contribution in [2.75, 3.05) is 25.6 Å². The molecule has 8 heteroatoms. The van der Waals surface area contributed by atoms with Crippen molar-refractivity contribution in [1.82, 2.24) is 19.5 Å². The number of nitrogens with zero attached hydrogens (tertiary/aromatic N) is 3. The number of anilines is 2. The Morgan fingerprint density at radius 1 is 1.06 bits per heavy atom. The van der Waals surface area contributed by atoms with E-state index in [1.54, 1.807) is 19.5 Å². The number of rotatable bonds is 5. The topological polar surface area (TPSA) is 94.1 Å². The molecule has 0 spiro atoms. The Hall–Kier alpha value is -3.65. The molecule has 1 aliphatic heterocycles. The van der Waals surface area contributed by atoms with Crippen LogP contribution in [0.1, 0.15) is 18.9 Å². The monoisotopic (exact) mass is 417 g/mol. The Balaban J connectivity index is 1.39. The summed E-state index contributed by atoms with van der Waals surface area (Å²) in [5.41, 5.74) is 4.48. The Morgan fingerprint density at radius 3 is 2.55 bits per heavy atom. The summed E-state index contributed by atoms with van der Waals surface area (Å²) >= 11 is 0. The van der Waals surface area contributed by atoms with Gasteiger partial charge < -0.3 is 19.8 Å². The number of fused-ring (bicyclic) bond motifs is 1. The molecule has 2 N–H and O–H groups in total. The number of H-pyrrole nitrogens is 1. The van der Waals surface area contributed by atoms with Crippen LogP contribution in [0.15, 0.2) is 59.7 Å². The van der Waals surface area contributed by atoms with Gasteiger partial charge in [0.2, 0.25) is 5.88 Å². The molecule has 0 unspecified atom stereocenters. The third-order valence-electron chi connectivity index (χ3n) is 5.59. The van der Waals surface area contributed by atoms with Crippen molar-refractivity contribution >= 4 is 22.5 Å². The predicted molar refractivity (Wildman–Crippen MR) is 119 cm³/mol. The molecule has 0 aliphatic carbocycles. The number of nitrogens with one attached hydrogen (secondary N) is 2. The minimum atomic E-state index is -0.0988. The van der Waals surface area contributed by atoms with Gasteiger partial charge in [0, 0.05) is 48.8 Å². The molecule has 31 heavy (non-hydrogen) atoms. The third-order valence-corrected chi connectivity index (χ3v) is 5.59. The summed E-state index contributed by atoms with van der Waals surface area (Å²) in [6.07, 6.45) is 5.16. The second kappa shape index (κ2) is 8.23. The molecule has 8 nitrogen and oxygen atoms in total. The first-order valence-electron chi connectivity index (χ1n) is 10.3. The average molecular weight is 417 g/mol. The molecule has 1 aromatic carbocycles. The highest BCUT2D eigenvalue weighted by molar-refractivity contribution is 5.78. The van der Waals surface area contributed by atoms with Gasteiger partial charge in [0.25, 0.3) is 0 Å². The van der Waals surface area contributed by atoms with E-state index in [2.05, 4.69) is 20.3 Å². The highest BCUT2D eigenvalue weighted by Gasteiger charge is 2.20. The number of methoxy groups -OCH3 is 1. The highest BCUT2D eigenvalue weighted by Crippen LogP contribution is 2.27. The second-order valence-corrected chi connectivity index (χ2v) is 7.52. The molecule has 4 aromatic rings. The Bertz CT molecular complexity index is 1240. The smallest absolute Gasteiger partial charge is 0.326 e. The Morgan fingerprint density at radius 2 is 1.84 bits per heavy atom. The molecule has 0 bridgehead atoms. The van der Waals surface area contributed by atoms with Crippen molar-refractivity contribution in [2.24, 2.45) is 0 Å². The number of aromatic amines is 1. The van der Waals surface area contributed by atoms with Crippen LogP contribution in [0.2, 0.25) is 0 Å². The van der Waals surface area contributed by atoms with Crippen molar-refractivity contribution in [3.05, 3.63) is 65.3 Å². The fourth-order valence-corrected chi connectivity index (χ4v) is 3.97. The van der Waals surface area contributed by atoms with Crippen LogP contribution in [0, 0.1) is 0 Å². The lowest BCUT2D eigenvalue weighted by Crippen LogP contribution is -2.27. The van der Waals surface area contributed by atoms with Gasteiger partial charge in [0.1, 0.15) is 5.82 Å². The molecule has 0 radical (unpaired) electrons. The van der Waals surface area contributed by atoms with E-state index >= 15 is 0 Å². The van der Waals surface area contributed by atoms with Gasteiger partial charge in [0.15, 0.2) is 0 Å². The van der Waals surface area contributed by atoms with Gasteiger partial charge in [-0.3, -0.25) is 4.57 Å². The van der Waals surface area contributed by atoms with Gasteiger partial charge in [-0.2, -0.15) is 0 Å².